The molecule has 3 rings (SSSR count). The van der Waals surface area contributed by atoms with E-state index in [-0.39, 0.29) is 5.91 Å². The molecule has 0 bridgehead atoms. The predicted octanol–water partition coefficient (Wildman–Crippen LogP) is 6.03. The van der Waals surface area contributed by atoms with Crippen molar-refractivity contribution in [1.82, 2.24) is 4.98 Å². The second kappa shape index (κ2) is 8.14. The van der Waals surface area contributed by atoms with Crippen molar-refractivity contribution in [3.8, 4) is 10.6 Å². The molecule has 0 radical (unpaired) electrons. The van der Waals surface area contributed by atoms with Crippen molar-refractivity contribution in [1.29, 1.82) is 0 Å². The number of halogens is 3. The number of rotatable bonds is 5. The van der Waals surface area contributed by atoms with E-state index in [0.29, 0.717) is 27.9 Å². The maximum absolute atomic E-state index is 12.5. The lowest BCUT2D eigenvalue weighted by Crippen LogP contribution is -2.14. The first kappa shape index (κ1) is 19.4. The molecule has 0 spiro atoms. The minimum atomic E-state index is -4.27. The van der Waals surface area contributed by atoms with Crippen molar-refractivity contribution < 1.29 is 18.0 Å². The van der Waals surface area contributed by atoms with E-state index in [1.807, 2.05) is 12.3 Å². The molecule has 0 aliphatic carbocycles. The van der Waals surface area contributed by atoms with Gasteiger partial charge in [-0.15, -0.1) is 23.1 Å². The number of para-hydroxylation sites is 1. The zero-order valence-corrected chi connectivity index (χ0v) is 15.8. The fraction of sp³-hybridized carbons (Fsp3) is 0.158. The average Bonchev–Trinajstić information content (AvgIpc) is 3.07. The van der Waals surface area contributed by atoms with E-state index < -0.39 is 11.9 Å². The van der Waals surface area contributed by atoms with Gasteiger partial charge < -0.3 is 5.32 Å². The Morgan fingerprint density at radius 3 is 2.48 bits per heavy atom. The van der Waals surface area contributed by atoms with Gasteiger partial charge in [-0.05, 0) is 31.2 Å². The van der Waals surface area contributed by atoms with Gasteiger partial charge in [0.1, 0.15) is 5.01 Å². The van der Waals surface area contributed by atoms with E-state index in [2.05, 4.69) is 10.3 Å². The third-order valence-corrected chi connectivity index (χ3v) is 5.69. The van der Waals surface area contributed by atoms with Gasteiger partial charge in [0, 0.05) is 27.1 Å². The topological polar surface area (TPSA) is 42.0 Å². The first-order chi connectivity index (χ1) is 12.8. The van der Waals surface area contributed by atoms with Crippen molar-refractivity contribution in [2.75, 3.05) is 11.1 Å². The maximum atomic E-state index is 12.5. The summed E-state index contributed by atoms with van der Waals surface area (Å²) in [5, 5.41) is 5.51. The smallest absolute Gasteiger partial charge is 0.321 e. The Labute approximate surface area is 162 Å². The van der Waals surface area contributed by atoms with Crippen LogP contribution in [0.1, 0.15) is 16.1 Å². The molecule has 0 aliphatic rings. The number of aromatic nitrogens is 1. The normalized spacial score (nSPS) is 11.4. The van der Waals surface area contributed by atoms with Crippen LogP contribution in [0.4, 0.5) is 18.9 Å². The SMILES string of the molecule is Cc1csc(-c2ccc(C(=O)Nc3ccccc3SCC(F)(F)F)cc2)n1. The van der Waals surface area contributed by atoms with Crippen molar-refractivity contribution in [3.63, 3.8) is 0 Å². The number of nitrogens with zero attached hydrogens (tertiary/aromatic N) is 1. The third kappa shape index (κ3) is 5.33. The molecular formula is C19H15F3N2OS2. The number of nitrogens with one attached hydrogen (secondary N) is 1. The van der Waals surface area contributed by atoms with Gasteiger partial charge in [0.2, 0.25) is 0 Å². The molecule has 1 heterocycles. The highest BCUT2D eigenvalue weighted by atomic mass is 32.2. The number of hydrogen-bond acceptors (Lipinski definition) is 4. The Morgan fingerprint density at radius 2 is 1.85 bits per heavy atom. The maximum Gasteiger partial charge on any atom is 0.398 e. The molecule has 3 aromatic rings. The van der Waals surface area contributed by atoms with Crippen LogP contribution < -0.4 is 5.32 Å². The summed E-state index contributed by atoms with van der Waals surface area (Å²) in [6.45, 7) is 1.91. The lowest BCUT2D eigenvalue weighted by atomic mass is 10.1. The fourth-order valence-electron chi connectivity index (χ4n) is 2.30. The van der Waals surface area contributed by atoms with Crippen molar-refractivity contribution in [3.05, 3.63) is 65.2 Å². The van der Waals surface area contributed by atoms with Gasteiger partial charge in [-0.3, -0.25) is 4.79 Å². The molecule has 0 fully saturated rings. The molecular weight excluding hydrogens is 393 g/mol. The van der Waals surface area contributed by atoms with E-state index in [1.54, 1.807) is 48.5 Å². The number of carbonyl (C=O) groups is 1. The first-order valence-corrected chi connectivity index (χ1v) is 9.81. The van der Waals surface area contributed by atoms with Crippen LogP contribution in [-0.2, 0) is 0 Å². The monoisotopic (exact) mass is 408 g/mol. The van der Waals surface area contributed by atoms with Crippen LogP contribution in [0.2, 0.25) is 0 Å². The van der Waals surface area contributed by atoms with Gasteiger partial charge in [-0.2, -0.15) is 13.2 Å². The number of anilines is 1. The number of amides is 1. The largest absolute Gasteiger partial charge is 0.398 e. The summed E-state index contributed by atoms with van der Waals surface area (Å²) in [5.41, 5.74) is 2.62. The number of carbonyl (C=O) groups excluding carboxylic acids is 1. The summed E-state index contributed by atoms with van der Waals surface area (Å²) < 4.78 is 37.4. The van der Waals surface area contributed by atoms with Crippen LogP contribution in [0.3, 0.4) is 0 Å². The Morgan fingerprint density at radius 1 is 1.15 bits per heavy atom. The number of alkyl halides is 3. The number of hydrogen-bond donors (Lipinski definition) is 1. The highest BCUT2D eigenvalue weighted by molar-refractivity contribution is 7.99. The highest BCUT2D eigenvalue weighted by Gasteiger charge is 2.27. The molecule has 0 saturated carbocycles. The van der Waals surface area contributed by atoms with Crippen LogP contribution in [0, 0.1) is 6.92 Å². The summed E-state index contributed by atoms with van der Waals surface area (Å²) >= 11 is 2.17. The summed E-state index contributed by atoms with van der Waals surface area (Å²) in [7, 11) is 0. The summed E-state index contributed by atoms with van der Waals surface area (Å²) in [4.78, 5) is 17.2. The second-order valence-corrected chi connectivity index (χ2v) is 7.60. The molecule has 3 nitrogen and oxygen atoms in total. The van der Waals surface area contributed by atoms with Crippen LogP contribution in [0.5, 0.6) is 0 Å². The van der Waals surface area contributed by atoms with Gasteiger partial charge in [0.05, 0.1) is 11.4 Å². The second-order valence-electron chi connectivity index (χ2n) is 5.73. The van der Waals surface area contributed by atoms with Gasteiger partial charge in [-0.25, -0.2) is 4.98 Å². The molecule has 0 unspecified atom stereocenters. The highest BCUT2D eigenvalue weighted by Crippen LogP contribution is 2.32. The standard InChI is InChI=1S/C19H15F3N2OS2/c1-12-10-26-18(23-12)14-8-6-13(7-9-14)17(25)24-15-4-2-3-5-16(15)27-11-19(20,21)22/h2-10H,11H2,1H3,(H,24,25). The molecule has 8 heteroatoms. The van der Waals surface area contributed by atoms with Gasteiger partial charge in [0.15, 0.2) is 0 Å². The Hall–Kier alpha value is -2.32. The molecule has 140 valence electrons. The molecule has 2 aromatic carbocycles. The van der Waals surface area contributed by atoms with Crippen molar-refractivity contribution in [2.24, 2.45) is 0 Å². The third-order valence-electron chi connectivity index (χ3n) is 3.54. The average molecular weight is 408 g/mol. The van der Waals surface area contributed by atoms with Crippen LogP contribution in [0.15, 0.2) is 58.8 Å². The van der Waals surface area contributed by atoms with Gasteiger partial charge >= 0.3 is 6.18 Å². The Balaban J connectivity index is 1.72. The first-order valence-electron chi connectivity index (χ1n) is 7.94. The zero-order chi connectivity index (χ0) is 19.4. The predicted molar refractivity (Wildman–Crippen MR) is 103 cm³/mol. The quantitative estimate of drug-likeness (QED) is 0.525. The van der Waals surface area contributed by atoms with Crippen molar-refractivity contribution in [2.45, 2.75) is 18.0 Å². The minimum Gasteiger partial charge on any atom is -0.321 e. The molecule has 0 saturated heterocycles. The molecule has 1 amide bonds. The van der Waals surface area contributed by atoms with Crippen LogP contribution in [0.25, 0.3) is 10.6 Å². The number of thiazole rings is 1. The van der Waals surface area contributed by atoms with E-state index in [1.165, 1.54) is 11.3 Å². The van der Waals surface area contributed by atoms with E-state index in [4.69, 9.17) is 0 Å². The summed E-state index contributed by atoms with van der Waals surface area (Å²) in [6, 6.07) is 13.4. The van der Waals surface area contributed by atoms with E-state index in [9.17, 15) is 18.0 Å². The number of thioether (sulfide) groups is 1. The summed E-state index contributed by atoms with van der Waals surface area (Å²) in [5.74, 6) is -1.39. The zero-order valence-electron chi connectivity index (χ0n) is 14.2. The lowest BCUT2D eigenvalue weighted by Gasteiger charge is -2.12. The van der Waals surface area contributed by atoms with Crippen molar-refractivity contribution >= 4 is 34.7 Å². The van der Waals surface area contributed by atoms with Crippen LogP contribution >= 0.6 is 23.1 Å². The van der Waals surface area contributed by atoms with Gasteiger partial charge in [-0.1, -0.05) is 24.3 Å². The van der Waals surface area contributed by atoms with E-state index in [0.717, 1.165) is 16.3 Å². The molecule has 27 heavy (non-hydrogen) atoms. The molecule has 1 aromatic heterocycles. The molecule has 0 aliphatic heterocycles. The van der Waals surface area contributed by atoms with Crippen LogP contribution in [-0.4, -0.2) is 22.8 Å². The Bertz CT molecular complexity index is 937. The summed E-state index contributed by atoms with van der Waals surface area (Å²) in [6.07, 6.45) is -4.27. The minimum absolute atomic E-state index is 0.358. The molecule has 0 atom stereocenters. The van der Waals surface area contributed by atoms with E-state index >= 15 is 0 Å². The Kier molecular flexibility index (Phi) is 5.86. The lowest BCUT2D eigenvalue weighted by molar-refractivity contribution is -0.105. The fourth-order valence-corrected chi connectivity index (χ4v) is 3.87. The van der Waals surface area contributed by atoms with Gasteiger partial charge in [0.25, 0.3) is 5.91 Å². The number of benzene rings is 2. The number of aryl methyl sites for hydroxylation is 1. The molecule has 1 N–H and O–H groups in total.